The molecule has 2 saturated heterocycles. The Balaban J connectivity index is 1.54. The van der Waals surface area contributed by atoms with Gasteiger partial charge in [-0.25, -0.2) is 4.98 Å². The van der Waals surface area contributed by atoms with Gasteiger partial charge < -0.3 is 19.7 Å². The third kappa shape index (κ3) is 3.48. The van der Waals surface area contributed by atoms with Gasteiger partial charge in [0.1, 0.15) is 5.82 Å². The van der Waals surface area contributed by atoms with E-state index in [1.807, 2.05) is 11.8 Å². The molecule has 7 heteroatoms. The van der Waals surface area contributed by atoms with E-state index in [2.05, 4.69) is 10.2 Å². The molecule has 3 aliphatic rings. The number of hydrogen-bond donors (Lipinski definition) is 1. The summed E-state index contributed by atoms with van der Waals surface area (Å²) in [6.45, 7) is 3.63. The first-order valence-electron chi connectivity index (χ1n) is 8.99. The first-order valence-corrected chi connectivity index (χ1v) is 9.98. The summed E-state index contributed by atoms with van der Waals surface area (Å²) in [5.74, 6) is 3.04. The zero-order valence-electron chi connectivity index (χ0n) is 14.3. The summed E-state index contributed by atoms with van der Waals surface area (Å²) in [7, 11) is 1.80. The van der Waals surface area contributed by atoms with Crippen LogP contribution >= 0.6 is 11.8 Å². The maximum atomic E-state index is 5.48. The van der Waals surface area contributed by atoms with E-state index in [1.54, 1.807) is 7.11 Å². The Morgan fingerprint density at radius 3 is 2.71 bits per heavy atom. The third-order valence-corrected chi connectivity index (χ3v) is 6.26. The SMILES string of the molecule is COC1CCN(c2nc3c(c(NC4CCOCC4)n2)SCC3)CC1. The van der Waals surface area contributed by atoms with Crippen LogP contribution in [0.1, 0.15) is 31.4 Å². The molecule has 24 heavy (non-hydrogen) atoms. The normalized spacial score (nSPS) is 22.6. The molecule has 0 radical (unpaired) electrons. The number of methoxy groups -OCH3 is 1. The van der Waals surface area contributed by atoms with Gasteiger partial charge in [-0.3, -0.25) is 0 Å². The second-order valence-electron chi connectivity index (χ2n) is 6.70. The van der Waals surface area contributed by atoms with Gasteiger partial charge in [0.2, 0.25) is 5.95 Å². The molecule has 0 atom stereocenters. The number of fused-ring (bicyclic) bond motifs is 1. The molecule has 0 unspecified atom stereocenters. The number of ether oxygens (including phenoxy) is 2. The smallest absolute Gasteiger partial charge is 0.227 e. The zero-order chi connectivity index (χ0) is 16.4. The van der Waals surface area contributed by atoms with Crippen molar-refractivity contribution in [2.45, 2.75) is 49.1 Å². The quantitative estimate of drug-likeness (QED) is 0.894. The van der Waals surface area contributed by atoms with Crippen LogP contribution in [0.25, 0.3) is 0 Å². The minimum absolute atomic E-state index is 0.381. The Labute approximate surface area is 147 Å². The highest BCUT2D eigenvalue weighted by Gasteiger charge is 2.26. The van der Waals surface area contributed by atoms with E-state index in [4.69, 9.17) is 19.4 Å². The van der Waals surface area contributed by atoms with E-state index < -0.39 is 0 Å². The van der Waals surface area contributed by atoms with Crippen LogP contribution in [-0.2, 0) is 15.9 Å². The molecule has 132 valence electrons. The number of piperidine rings is 1. The average Bonchev–Trinajstić information content (AvgIpc) is 3.11. The number of nitrogens with one attached hydrogen (secondary N) is 1. The van der Waals surface area contributed by atoms with Crippen molar-refractivity contribution >= 4 is 23.5 Å². The Hall–Kier alpha value is -1.05. The van der Waals surface area contributed by atoms with Crippen molar-refractivity contribution in [3.8, 4) is 0 Å². The minimum atomic E-state index is 0.381. The molecule has 0 bridgehead atoms. The molecule has 6 nitrogen and oxygen atoms in total. The first-order chi connectivity index (χ1) is 11.8. The number of anilines is 2. The molecule has 0 amide bonds. The second kappa shape index (κ2) is 7.45. The summed E-state index contributed by atoms with van der Waals surface area (Å²) in [4.78, 5) is 13.4. The van der Waals surface area contributed by atoms with Crippen molar-refractivity contribution < 1.29 is 9.47 Å². The van der Waals surface area contributed by atoms with Crippen molar-refractivity contribution in [1.82, 2.24) is 9.97 Å². The average molecular weight is 350 g/mol. The molecule has 1 aromatic heterocycles. The Morgan fingerprint density at radius 1 is 1.17 bits per heavy atom. The molecule has 0 saturated carbocycles. The van der Waals surface area contributed by atoms with Crippen LogP contribution in [0.5, 0.6) is 0 Å². The largest absolute Gasteiger partial charge is 0.381 e. The van der Waals surface area contributed by atoms with Crippen molar-refractivity contribution in [3.63, 3.8) is 0 Å². The lowest BCUT2D eigenvalue weighted by atomic mass is 10.1. The first kappa shape index (κ1) is 16.4. The van der Waals surface area contributed by atoms with Gasteiger partial charge in [0.15, 0.2) is 0 Å². The maximum absolute atomic E-state index is 5.48. The highest BCUT2D eigenvalue weighted by Crippen LogP contribution is 2.37. The fraction of sp³-hybridized carbons (Fsp3) is 0.765. The van der Waals surface area contributed by atoms with E-state index in [0.29, 0.717) is 12.1 Å². The molecule has 3 aliphatic heterocycles. The van der Waals surface area contributed by atoms with E-state index in [0.717, 1.165) is 75.9 Å². The summed E-state index contributed by atoms with van der Waals surface area (Å²) < 4.78 is 11.0. The van der Waals surface area contributed by atoms with Crippen molar-refractivity contribution in [2.75, 3.05) is 49.4 Å². The number of hydrogen-bond acceptors (Lipinski definition) is 7. The van der Waals surface area contributed by atoms with Crippen LogP contribution in [0.15, 0.2) is 4.90 Å². The Kier molecular flexibility index (Phi) is 5.10. The summed E-state index contributed by atoms with van der Waals surface area (Å²) >= 11 is 1.89. The van der Waals surface area contributed by atoms with Gasteiger partial charge in [-0.15, -0.1) is 11.8 Å². The zero-order valence-corrected chi connectivity index (χ0v) is 15.1. The lowest BCUT2D eigenvalue weighted by molar-refractivity contribution is 0.0816. The number of nitrogens with zero attached hydrogens (tertiary/aromatic N) is 3. The standard InChI is InChI=1S/C17H26N4O2S/c1-22-13-2-7-21(8-3-13)17-19-14-6-11-24-15(14)16(20-17)18-12-4-9-23-10-5-12/h12-13H,2-11H2,1H3,(H,18,19,20). The fourth-order valence-electron chi connectivity index (χ4n) is 3.62. The molecule has 4 rings (SSSR count). The monoisotopic (exact) mass is 350 g/mol. The number of rotatable bonds is 4. The fourth-order valence-corrected chi connectivity index (χ4v) is 4.68. The van der Waals surface area contributed by atoms with Gasteiger partial charge in [-0.1, -0.05) is 0 Å². The minimum Gasteiger partial charge on any atom is -0.381 e. The van der Waals surface area contributed by atoms with Gasteiger partial charge in [0, 0.05) is 51.6 Å². The predicted molar refractivity (Wildman–Crippen MR) is 96.2 cm³/mol. The highest BCUT2D eigenvalue weighted by molar-refractivity contribution is 7.99. The Bertz CT molecular complexity index is 572. The molecule has 4 heterocycles. The van der Waals surface area contributed by atoms with Gasteiger partial charge in [-0.2, -0.15) is 4.98 Å². The lowest BCUT2D eigenvalue weighted by Crippen LogP contribution is -2.38. The van der Waals surface area contributed by atoms with Crippen LogP contribution in [0.3, 0.4) is 0 Å². The van der Waals surface area contributed by atoms with Crippen LogP contribution in [0, 0.1) is 0 Å². The maximum Gasteiger partial charge on any atom is 0.227 e. The number of aromatic nitrogens is 2. The summed E-state index contributed by atoms with van der Waals surface area (Å²) in [6, 6.07) is 0.464. The van der Waals surface area contributed by atoms with Crippen molar-refractivity contribution in [2.24, 2.45) is 0 Å². The molecule has 1 aromatic rings. The van der Waals surface area contributed by atoms with Gasteiger partial charge >= 0.3 is 0 Å². The molecular formula is C17H26N4O2S. The third-order valence-electron chi connectivity index (χ3n) is 5.13. The van der Waals surface area contributed by atoms with Crippen LogP contribution in [-0.4, -0.2) is 61.3 Å². The number of thioether (sulfide) groups is 1. The highest BCUT2D eigenvalue weighted by atomic mass is 32.2. The summed E-state index contributed by atoms with van der Waals surface area (Å²) in [5.41, 5.74) is 1.22. The molecule has 0 spiro atoms. The molecule has 2 fully saturated rings. The van der Waals surface area contributed by atoms with E-state index in [-0.39, 0.29) is 0 Å². The lowest BCUT2D eigenvalue weighted by Gasteiger charge is -2.32. The van der Waals surface area contributed by atoms with Crippen LogP contribution in [0.4, 0.5) is 11.8 Å². The molecule has 1 N–H and O–H groups in total. The number of aryl methyl sites for hydroxylation is 1. The predicted octanol–water partition coefficient (Wildman–Crippen LogP) is 2.33. The van der Waals surface area contributed by atoms with Gasteiger partial charge in [-0.05, 0) is 25.7 Å². The van der Waals surface area contributed by atoms with Crippen molar-refractivity contribution in [1.29, 1.82) is 0 Å². The molecule has 0 aromatic carbocycles. The van der Waals surface area contributed by atoms with Crippen LogP contribution < -0.4 is 10.2 Å². The van der Waals surface area contributed by atoms with Gasteiger partial charge in [0.25, 0.3) is 0 Å². The summed E-state index contributed by atoms with van der Waals surface area (Å²) in [5, 5.41) is 3.68. The van der Waals surface area contributed by atoms with Crippen molar-refractivity contribution in [3.05, 3.63) is 5.69 Å². The van der Waals surface area contributed by atoms with E-state index in [1.165, 1.54) is 10.6 Å². The molecule has 0 aliphatic carbocycles. The van der Waals surface area contributed by atoms with E-state index in [9.17, 15) is 0 Å². The molecular weight excluding hydrogens is 324 g/mol. The second-order valence-corrected chi connectivity index (χ2v) is 7.80. The van der Waals surface area contributed by atoms with E-state index >= 15 is 0 Å². The topological polar surface area (TPSA) is 59.5 Å². The van der Waals surface area contributed by atoms with Crippen LogP contribution in [0.2, 0.25) is 0 Å². The van der Waals surface area contributed by atoms with Gasteiger partial charge in [0.05, 0.1) is 16.7 Å². The Morgan fingerprint density at radius 2 is 1.96 bits per heavy atom. The summed E-state index contributed by atoms with van der Waals surface area (Å²) in [6.07, 6.45) is 5.64.